The largest absolute Gasteiger partial charge is 0.479 e. The maximum absolute atomic E-state index is 11.9. The average Bonchev–Trinajstić information content (AvgIpc) is 2.75. The molecular formula is C23H27N3O5. The molecule has 0 spiro atoms. The van der Waals surface area contributed by atoms with Crippen LogP contribution < -0.4 is 15.5 Å². The molecule has 0 aromatic heterocycles. The third kappa shape index (κ3) is 8.69. The number of hydrogen-bond donors (Lipinski definition) is 2. The molecule has 0 bridgehead atoms. The van der Waals surface area contributed by atoms with Crippen LogP contribution >= 0.6 is 0 Å². The molecule has 2 N–H and O–H groups in total. The number of aryl methyl sites for hydroxylation is 1. The maximum atomic E-state index is 11.9. The Morgan fingerprint density at radius 2 is 1.65 bits per heavy atom. The molecule has 1 atom stereocenters. The highest BCUT2D eigenvalue weighted by Crippen LogP contribution is 2.14. The minimum absolute atomic E-state index is 0.0214. The van der Waals surface area contributed by atoms with E-state index in [2.05, 4.69) is 15.8 Å². The Morgan fingerprint density at radius 3 is 2.29 bits per heavy atom. The second kappa shape index (κ2) is 12.1. The van der Waals surface area contributed by atoms with Crippen LogP contribution in [-0.4, -0.2) is 36.7 Å². The number of nitrogens with one attached hydrogen (secondary N) is 2. The van der Waals surface area contributed by atoms with E-state index in [1.54, 1.807) is 38.1 Å². The third-order valence-electron chi connectivity index (χ3n) is 4.13. The van der Waals surface area contributed by atoms with Crippen LogP contribution in [0.1, 0.15) is 37.8 Å². The van der Waals surface area contributed by atoms with Gasteiger partial charge in [0.25, 0.3) is 0 Å². The summed E-state index contributed by atoms with van der Waals surface area (Å²) >= 11 is 0. The van der Waals surface area contributed by atoms with E-state index in [9.17, 15) is 14.4 Å². The van der Waals surface area contributed by atoms with Crippen molar-refractivity contribution >= 4 is 29.7 Å². The number of ether oxygens (including phenoxy) is 2. The fourth-order valence-corrected chi connectivity index (χ4v) is 2.47. The summed E-state index contributed by atoms with van der Waals surface area (Å²) in [5.74, 6) is -0.515. The van der Waals surface area contributed by atoms with Gasteiger partial charge >= 0.3 is 5.97 Å². The van der Waals surface area contributed by atoms with Crippen LogP contribution in [0.4, 0.5) is 5.69 Å². The van der Waals surface area contributed by atoms with Gasteiger partial charge in [-0.15, -0.1) is 0 Å². The summed E-state index contributed by atoms with van der Waals surface area (Å²) in [6.07, 6.45) is 0.845. The second-order valence-electron chi connectivity index (χ2n) is 6.79. The summed E-state index contributed by atoms with van der Waals surface area (Å²) in [4.78, 5) is 35.4. The molecule has 31 heavy (non-hydrogen) atoms. The number of anilines is 1. The first-order chi connectivity index (χ1) is 14.9. The van der Waals surface area contributed by atoms with Crippen molar-refractivity contribution in [3.8, 4) is 5.75 Å². The molecule has 2 amide bonds. The van der Waals surface area contributed by atoms with E-state index >= 15 is 0 Å². The molecule has 2 rings (SSSR count). The van der Waals surface area contributed by atoms with Gasteiger partial charge in [0.1, 0.15) is 5.75 Å². The van der Waals surface area contributed by atoms with E-state index in [1.807, 2.05) is 31.2 Å². The van der Waals surface area contributed by atoms with Crippen LogP contribution in [0.25, 0.3) is 0 Å². The molecule has 0 saturated heterocycles. The maximum Gasteiger partial charge on any atom is 0.347 e. The summed E-state index contributed by atoms with van der Waals surface area (Å²) in [5, 5.41) is 6.63. The first kappa shape index (κ1) is 23.6. The van der Waals surface area contributed by atoms with Crippen LogP contribution in [0.15, 0.2) is 53.6 Å². The summed E-state index contributed by atoms with van der Waals surface area (Å²) in [7, 11) is 0. The molecule has 0 saturated carbocycles. The van der Waals surface area contributed by atoms with Gasteiger partial charge in [0, 0.05) is 18.5 Å². The minimum Gasteiger partial charge on any atom is -0.479 e. The summed E-state index contributed by atoms with van der Waals surface area (Å²) in [5.41, 5.74) is 4.92. The van der Waals surface area contributed by atoms with E-state index in [0.29, 0.717) is 18.0 Å². The fourth-order valence-electron chi connectivity index (χ4n) is 2.47. The van der Waals surface area contributed by atoms with Crippen molar-refractivity contribution in [1.82, 2.24) is 5.43 Å². The van der Waals surface area contributed by atoms with Crippen LogP contribution in [-0.2, 0) is 19.1 Å². The Balaban J connectivity index is 1.72. The van der Waals surface area contributed by atoms with Crippen molar-refractivity contribution in [2.75, 3.05) is 11.9 Å². The van der Waals surface area contributed by atoms with Gasteiger partial charge in [-0.2, -0.15) is 5.10 Å². The van der Waals surface area contributed by atoms with Crippen molar-refractivity contribution < 1.29 is 23.9 Å². The Labute approximate surface area is 181 Å². The predicted molar refractivity (Wildman–Crippen MR) is 118 cm³/mol. The number of hydrazone groups is 1. The van der Waals surface area contributed by atoms with Gasteiger partial charge in [0.05, 0.1) is 12.8 Å². The molecule has 0 aliphatic heterocycles. The zero-order valence-electron chi connectivity index (χ0n) is 17.9. The highest BCUT2D eigenvalue weighted by molar-refractivity contribution is 5.93. The van der Waals surface area contributed by atoms with E-state index in [-0.39, 0.29) is 24.7 Å². The molecule has 164 valence electrons. The van der Waals surface area contributed by atoms with Crippen molar-refractivity contribution in [2.24, 2.45) is 5.10 Å². The molecule has 0 heterocycles. The predicted octanol–water partition coefficient (Wildman–Crippen LogP) is 3.19. The van der Waals surface area contributed by atoms with Gasteiger partial charge in [-0.25, -0.2) is 10.2 Å². The Bertz CT molecular complexity index is 908. The van der Waals surface area contributed by atoms with Crippen molar-refractivity contribution in [3.05, 3.63) is 59.7 Å². The van der Waals surface area contributed by atoms with Crippen LogP contribution in [0.2, 0.25) is 0 Å². The highest BCUT2D eigenvalue weighted by Gasteiger charge is 2.15. The third-order valence-corrected chi connectivity index (χ3v) is 4.13. The molecule has 0 aliphatic carbocycles. The zero-order chi connectivity index (χ0) is 22.6. The lowest BCUT2D eigenvalue weighted by atomic mass is 10.2. The van der Waals surface area contributed by atoms with Crippen LogP contribution in [0, 0.1) is 6.92 Å². The lowest BCUT2D eigenvalue weighted by molar-refractivity contribution is -0.150. The zero-order valence-corrected chi connectivity index (χ0v) is 17.9. The molecule has 0 radical (unpaired) electrons. The normalized spacial score (nSPS) is 11.6. The molecule has 1 unspecified atom stereocenters. The smallest absolute Gasteiger partial charge is 0.347 e. The number of nitrogens with zero attached hydrogens (tertiary/aromatic N) is 1. The summed E-state index contributed by atoms with van der Waals surface area (Å²) in [6, 6.07) is 14.3. The Kier molecular flexibility index (Phi) is 9.22. The number of hydrogen-bond acceptors (Lipinski definition) is 6. The van der Waals surface area contributed by atoms with E-state index in [1.165, 1.54) is 6.21 Å². The van der Waals surface area contributed by atoms with Gasteiger partial charge in [0.15, 0.2) is 6.10 Å². The molecule has 8 heteroatoms. The highest BCUT2D eigenvalue weighted by atomic mass is 16.6. The number of carbonyl (C=O) groups is 3. The average molecular weight is 425 g/mol. The summed E-state index contributed by atoms with van der Waals surface area (Å²) in [6.45, 7) is 5.61. The van der Waals surface area contributed by atoms with Crippen LogP contribution in [0.3, 0.4) is 0 Å². The number of rotatable bonds is 10. The molecule has 0 aliphatic rings. The van der Waals surface area contributed by atoms with Gasteiger partial charge < -0.3 is 14.8 Å². The Morgan fingerprint density at radius 1 is 1.00 bits per heavy atom. The molecular weight excluding hydrogens is 398 g/mol. The topological polar surface area (TPSA) is 106 Å². The first-order valence-corrected chi connectivity index (χ1v) is 9.99. The van der Waals surface area contributed by atoms with Crippen molar-refractivity contribution in [2.45, 2.75) is 39.7 Å². The van der Waals surface area contributed by atoms with E-state index in [0.717, 1.165) is 11.1 Å². The van der Waals surface area contributed by atoms with Crippen molar-refractivity contribution in [3.63, 3.8) is 0 Å². The fraction of sp³-hybridized carbons (Fsp3) is 0.304. The quantitative estimate of drug-likeness (QED) is 0.345. The Hall–Kier alpha value is -3.68. The van der Waals surface area contributed by atoms with Gasteiger partial charge in [-0.1, -0.05) is 17.7 Å². The van der Waals surface area contributed by atoms with Gasteiger partial charge in [-0.3, -0.25) is 9.59 Å². The lowest BCUT2D eigenvalue weighted by Gasteiger charge is -2.13. The lowest BCUT2D eigenvalue weighted by Crippen LogP contribution is -2.26. The summed E-state index contributed by atoms with van der Waals surface area (Å²) < 4.78 is 10.4. The SMILES string of the molecule is CCOC(=O)C(C)Oc1ccc(C=NNC(=O)CCC(=O)Nc2ccc(C)cc2)cc1. The van der Waals surface area contributed by atoms with Crippen molar-refractivity contribution in [1.29, 1.82) is 0 Å². The molecule has 0 fully saturated rings. The number of amides is 2. The van der Waals surface area contributed by atoms with E-state index in [4.69, 9.17) is 9.47 Å². The standard InChI is InChI=1S/C23H27N3O5/c1-4-30-23(29)17(3)31-20-11-7-18(8-12-20)15-24-26-22(28)14-13-21(27)25-19-9-5-16(2)6-10-19/h5-12,15,17H,4,13-14H2,1-3H3,(H,25,27)(H,26,28). The van der Waals surface area contributed by atoms with Crippen LogP contribution in [0.5, 0.6) is 5.75 Å². The molecule has 8 nitrogen and oxygen atoms in total. The second-order valence-corrected chi connectivity index (χ2v) is 6.79. The number of benzene rings is 2. The molecule has 2 aromatic rings. The van der Waals surface area contributed by atoms with Gasteiger partial charge in [-0.05, 0) is 62.7 Å². The monoisotopic (exact) mass is 425 g/mol. The first-order valence-electron chi connectivity index (χ1n) is 9.99. The van der Waals surface area contributed by atoms with Gasteiger partial charge in [0.2, 0.25) is 11.8 Å². The molecule has 2 aromatic carbocycles. The number of esters is 1. The number of carbonyl (C=O) groups excluding carboxylic acids is 3. The van der Waals surface area contributed by atoms with E-state index < -0.39 is 12.1 Å². The minimum atomic E-state index is -0.707.